The zero-order valence-electron chi connectivity index (χ0n) is 16.3. The van der Waals surface area contributed by atoms with Crippen LogP contribution >= 0.6 is 24.0 Å². The maximum atomic E-state index is 5.59. The van der Waals surface area contributed by atoms with Gasteiger partial charge in [-0.25, -0.2) is 0 Å². The molecule has 1 unspecified atom stereocenters. The molecule has 2 aromatic rings. The Labute approximate surface area is 179 Å². The molecule has 0 aliphatic heterocycles. The molecule has 5 nitrogen and oxygen atoms in total. The van der Waals surface area contributed by atoms with Crippen LogP contribution in [0, 0.1) is 0 Å². The summed E-state index contributed by atoms with van der Waals surface area (Å²) in [6, 6.07) is 18.3. The van der Waals surface area contributed by atoms with E-state index in [4.69, 9.17) is 9.47 Å². The molecule has 6 heteroatoms. The second-order valence-electron chi connectivity index (χ2n) is 5.88. The number of nitrogens with one attached hydrogen (secondary N) is 2. The third kappa shape index (κ3) is 8.17. The molecule has 0 spiro atoms. The van der Waals surface area contributed by atoms with E-state index in [2.05, 4.69) is 46.8 Å². The molecule has 148 valence electrons. The minimum atomic E-state index is -0.0479. The Kier molecular flexibility index (Phi) is 11.5. The summed E-state index contributed by atoms with van der Waals surface area (Å²) in [6.45, 7) is 4.25. The number of halogens is 1. The quantitative estimate of drug-likeness (QED) is 0.324. The molecule has 2 rings (SSSR count). The van der Waals surface area contributed by atoms with Crippen molar-refractivity contribution < 1.29 is 9.47 Å². The summed E-state index contributed by atoms with van der Waals surface area (Å²) in [5.74, 6) is 1.68. The molecule has 0 radical (unpaired) electrons. The Morgan fingerprint density at radius 1 is 1.00 bits per heavy atom. The van der Waals surface area contributed by atoms with E-state index in [1.165, 1.54) is 5.56 Å². The number of aliphatic imine (C=N–C) groups is 1. The van der Waals surface area contributed by atoms with E-state index in [0.717, 1.165) is 36.8 Å². The first-order valence-corrected chi connectivity index (χ1v) is 8.99. The van der Waals surface area contributed by atoms with Gasteiger partial charge in [0.15, 0.2) is 5.96 Å². The first-order valence-electron chi connectivity index (χ1n) is 8.99. The van der Waals surface area contributed by atoms with Gasteiger partial charge in [0.05, 0.1) is 13.7 Å². The lowest BCUT2D eigenvalue weighted by atomic mass is 10.1. The van der Waals surface area contributed by atoms with Gasteiger partial charge < -0.3 is 20.1 Å². The van der Waals surface area contributed by atoms with Crippen molar-refractivity contribution >= 4 is 29.9 Å². The zero-order valence-corrected chi connectivity index (χ0v) is 18.6. The topological polar surface area (TPSA) is 54.9 Å². The number of ether oxygens (including phenoxy) is 2. The van der Waals surface area contributed by atoms with Crippen LogP contribution in [-0.4, -0.2) is 39.8 Å². The molecule has 0 aliphatic rings. The normalized spacial score (nSPS) is 12.0. The van der Waals surface area contributed by atoms with Crippen molar-refractivity contribution in [3.8, 4) is 5.75 Å². The third-order valence-electron chi connectivity index (χ3n) is 4.08. The average Bonchev–Trinajstić information content (AvgIpc) is 2.69. The van der Waals surface area contributed by atoms with Gasteiger partial charge in [-0.05, 0) is 36.6 Å². The van der Waals surface area contributed by atoms with Crippen LogP contribution in [0.5, 0.6) is 5.75 Å². The zero-order chi connectivity index (χ0) is 18.6. The van der Waals surface area contributed by atoms with Crippen LogP contribution in [0.4, 0.5) is 0 Å². The molecule has 27 heavy (non-hydrogen) atoms. The highest BCUT2D eigenvalue weighted by molar-refractivity contribution is 14.0. The number of guanidine groups is 1. The first kappa shape index (κ1) is 23.2. The molecule has 0 aromatic heterocycles. The van der Waals surface area contributed by atoms with Gasteiger partial charge in [-0.1, -0.05) is 42.5 Å². The molecule has 0 heterocycles. The molecule has 0 saturated heterocycles. The highest BCUT2D eigenvalue weighted by atomic mass is 127. The van der Waals surface area contributed by atoms with Crippen LogP contribution in [0.15, 0.2) is 59.6 Å². The molecule has 2 N–H and O–H groups in total. The lowest BCUT2D eigenvalue weighted by Crippen LogP contribution is -2.38. The molecule has 0 saturated carbocycles. The molecule has 0 bridgehead atoms. The second kappa shape index (κ2) is 13.4. The van der Waals surface area contributed by atoms with Crippen LogP contribution < -0.4 is 15.4 Å². The fraction of sp³-hybridized carbons (Fsp3) is 0.381. The van der Waals surface area contributed by atoms with Gasteiger partial charge in [-0.15, -0.1) is 24.0 Å². The van der Waals surface area contributed by atoms with Gasteiger partial charge in [0, 0.05) is 20.2 Å². The molecule has 0 fully saturated rings. The Bertz CT molecular complexity index is 663. The van der Waals surface area contributed by atoms with Gasteiger partial charge in [0.25, 0.3) is 0 Å². The Hall–Kier alpha value is -1.80. The number of rotatable bonds is 9. The fourth-order valence-electron chi connectivity index (χ4n) is 2.62. The summed E-state index contributed by atoms with van der Waals surface area (Å²) < 4.78 is 10.8. The predicted molar refractivity (Wildman–Crippen MR) is 122 cm³/mol. The van der Waals surface area contributed by atoms with Gasteiger partial charge in [-0.2, -0.15) is 0 Å². The highest BCUT2D eigenvalue weighted by Crippen LogP contribution is 2.16. The SMILES string of the molecule is CCNC(=NCC(OC)c1ccccc1)NCCc1ccc(OC)cc1.I. The maximum Gasteiger partial charge on any atom is 0.191 e. The van der Waals surface area contributed by atoms with E-state index < -0.39 is 0 Å². The monoisotopic (exact) mass is 483 g/mol. The minimum Gasteiger partial charge on any atom is -0.497 e. The van der Waals surface area contributed by atoms with Crippen LogP contribution in [0.3, 0.4) is 0 Å². The largest absolute Gasteiger partial charge is 0.497 e. The van der Waals surface area contributed by atoms with E-state index in [1.54, 1.807) is 14.2 Å². The lowest BCUT2D eigenvalue weighted by Gasteiger charge is -2.16. The van der Waals surface area contributed by atoms with Gasteiger partial charge in [-0.3, -0.25) is 4.99 Å². The first-order chi connectivity index (χ1) is 12.8. The molecular weight excluding hydrogens is 453 g/mol. The van der Waals surface area contributed by atoms with Gasteiger partial charge in [0.1, 0.15) is 11.9 Å². The molecular formula is C21H30IN3O2. The second-order valence-corrected chi connectivity index (χ2v) is 5.88. The van der Waals surface area contributed by atoms with E-state index in [1.807, 2.05) is 30.3 Å². The third-order valence-corrected chi connectivity index (χ3v) is 4.08. The van der Waals surface area contributed by atoms with E-state index in [0.29, 0.717) is 6.54 Å². The number of hydrogen-bond donors (Lipinski definition) is 2. The highest BCUT2D eigenvalue weighted by Gasteiger charge is 2.09. The lowest BCUT2D eigenvalue weighted by molar-refractivity contribution is 0.111. The van der Waals surface area contributed by atoms with Crippen molar-refractivity contribution in [2.24, 2.45) is 4.99 Å². The summed E-state index contributed by atoms with van der Waals surface area (Å²) in [6.07, 6.45) is 0.870. The van der Waals surface area contributed by atoms with Crippen LogP contribution in [0.25, 0.3) is 0 Å². The number of nitrogens with zero attached hydrogens (tertiary/aromatic N) is 1. The standard InChI is InChI=1S/C21H29N3O2.HI/c1-4-22-21(23-15-14-17-10-12-19(25-2)13-11-17)24-16-20(26-3)18-8-6-5-7-9-18;/h5-13,20H,4,14-16H2,1-3H3,(H2,22,23,24);1H. The maximum absolute atomic E-state index is 5.59. The molecule has 2 aromatic carbocycles. The smallest absolute Gasteiger partial charge is 0.191 e. The van der Waals surface area contributed by atoms with Crippen molar-refractivity contribution in [2.45, 2.75) is 19.4 Å². The predicted octanol–water partition coefficient (Wildman–Crippen LogP) is 3.80. The summed E-state index contributed by atoms with van der Waals surface area (Å²) in [5, 5.41) is 6.66. The Morgan fingerprint density at radius 2 is 1.70 bits per heavy atom. The van der Waals surface area contributed by atoms with Crippen molar-refractivity contribution in [3.63, 3.8) is 0 Å². The van der Waals surface area contributed by atoms with E-state index >= 15 is 0 Å². The molecule has 0 aliphatic carbocycles. The fourth-order valence-corrected chi connectivity index (χ4v) is 2.62. The van der Waals surface area contributed by atoms with Gasteiger partial charge >= 0.3 is 0 Å². The van der Waals surface area contributed by atoms with E-state index in [9.17, 15) is 0 Å². The molecule has 1 atom stereocenters. The average molecular weight is 483 g/mol. The minimum absolute atomic E-state index is 0. The van der Waals surface area contributed by atoms with Crippen molar-refractivity contribution in [1.82, 2.24) is 10.6 Å². The number of hydrogen-bond acceptors (Lipinski definition) is 3. The summed E-state index contributed by atoms with van der Waals surface area (Å²) in [7, 11) is 3.40. The van der Waals surface area contributed by atoms with Crippen molar-refractivity contribution in [3.05, 3.63) is 65.7 Å². The number of benzene rings is 2. The van der Waals surface area contributed by atoms with Crippen molar-refractivity contribution in [2.75, 3.05) is 33.9 Å². The summed E-state index contributed by atoms with van der Waals surface area (Å²) >= 11 is 0. The summed E-state index contributed by atoms with van der Waals surface area (Å²) in [5.41, 5.74) is 2.39. The molecule has 0 amide bonds. The van der Waals surface area contributed by atoms with E-state index in [-0.39, 0.29) is 30.1 Å². The van der Waals surface area contributed by atoms with Crippen LogP contribution in [0.2, 0.25) is 0 Å². The van der Waals surface area contributed by atoms with Crippen molar-refractivity contribution in [1.29, 1.82) is 0 Å². The Morgan fingerprint density at radius 3 is 2.30 bits per heavy atom. The summed E-state index contributed by atoms with van der Waals surface area (Å²) in [4.78, 5) is 4.67. The van der Waals surface area contributed by atoms with Gasteiger partial charge in [0.2, 0.25) is 0 Å². The van der Waals surface area contributed by atoms with Crippen LogP contribution in [0.1, 0.15) is 24.2 Å². The van der Waals surface area contributed by atoms with Crippen LogP contribution in [-0.2, 0) is 11.2 Å². The number of methoxy groups -OCH3 is 2. The Balaban J connectivity index is 0.00000364.